The maximum Gasteiger partial charge on any atom is 0.261 e. The lowest BCUT2D eigenvalue weighted by Gasteiger charge is -2.16. The Bertz CT molecular complexity index is 1190. The zero-order chi connectivity index (χ0) is 22.6. The molecule has 3 aromatic rings. The van der Waals surface area contributed by atoms with E-state index in [0.29, 0.717) is 11.4 Å². The topological polar surface area (TPSA) is 87.3 Å². The summed E-state index contributed by atoms with van der Waals surface area (Å²) in [6, 6.07) is 13.7. The molecule has 1 atom stereocenters. The molecule has 0 spiro atoms. The SMILES string of the molecule is C[C@@H](Nc1ccc(NS(=O)(=O)c2ccc(F)cc2)cc1)C(=O)Nc1ccc(F)cc1Cl. The summed E-state index contributed by atoms with van der Waals surface area (Å²) < 4.78 is 53.2. The van der Waals surface area contributed by atoms with Gasteiger partial charge in [0, 0.05) is 11.4 Å². The zero-order valence-corrected chi connectivity index (χ0v) is 17.8. The van der Waals surface area contributed by atoms with Crippen molar-refractivity contribution in [3.05, 3.63) is 83.4 Å². The van der Waals surface area contributed by atoms with Gasteiger partial charge in [-0.05, 0) is 73.7 Å². The lowest BCUT2D eigenvalue weighted by Crippen LogP contribution is -2.31. The number of anilines is 3. The highest BCUT2D eigenvalue weighted by molar-refractivity contribution is 7.92. The van der Waals surface area contributed by atoms with Gasteiger partial charge in [0.1, 0.15) is 17.7 Å². The molecule has 0 bridgehead atoms. The first-order valence-electron chi connectivity index (χ1n) is 9.05. The number of sulfonamides is 1. The molecule has 0 aliphatic carbocycles. The number of carbonyl (C=O) groups is 1. The number of hydrogen-bond acceptors (Lipinski definition) is 4. The average molecular weight is 466 g/mol. The molecule has 162 valence electrons. The van der Waals surface area contributed by atoms with Crippen LogP contribution in [0, 0.1) is 11.6 Å². The van der Waals surface area contributed by atoms with E-state index in [2.05, 4.69) is 15.4 Å². The van der Waals surface area contributed by atoms with Crippen molar-refractivity contribution in [1.82, 2.24) is 0 Å². The van der Waals surface area contributed by atoms with E-state index < -0.39 is 33.6 Å². The van der Waals surface area contributed by atoms with Crippen molar-refractivity contribution in [3.8, 4) is 0 Å². The number of amides is 1. The number of nitrogens with one attached hydrogen (secondary N) is 3. The molecule has 0 unspecified atom stereocenters. The van der Waals surface area contributed by atoms with Crippen molar-refractivity contribution in [2.24, 2.45) is 0 Å². The van der Waals surface area contributed by atoms with Gasteiger partial charge in [0.2, 0.25) is 5.91 Å². The van der Waals surface area contributed by atoms with Crippen LogP contribution in [0.2, 0.25) is 5.02 Å². The normalized spacial score (nSPS) is 12.1. The van der Waals surface area contributed by atoms with Crippen LogP contribution < -0.4 is 15.4 Å². The molecule has 0 radical (unpaired) electrons. The first-order valence-corrected chi connectivity index (χ1v) is 10.9. The lowest BCUT2D eigenvalue weighted by molar-refractivity contribution is -0.116. The number of benzene rings is 3. The quantitative estimate of drug-likeness (QED) is 0.465. The van der Waals surface area contributed by atoms with Crippen molar-refractivity contribution in [2.75, 3.05) is 15.4 Å². The Morgan fingerprint density at radius 2 is 1.48 bits per heavy atom. The van der Waals surface area contributed by atoms with E-state index in [-0.39, 0.29) is 15.6 Å². The van der Waals surface area contributed by atoms with Crippen LogP contribution in [0.5, 0.6) is 0 Å². The van der Waals surface area contributed by atoms with E-state index >= 15 is 0 Å². The standard InChI is InChI=1S/C21H18ClF2N3O3S/c1-13(21(28)26-20-11-4-15(24)12-19(20)22)25-16-5-7-17(8-6-16)27-31(29,30)18-9-2-14(23)3-10-18/h2-13,25,27H,1H3,(H,26,28)/t13-/m1/s1. The molecule has 3 N–H and O–H groups in total. The van der Waals surface area contributed by atoms with Crippen molar-refractivity contribution in [3.63, 3.8) is 0 Å². The third kappa shape index (κ3) is 5.93. The molecule has 6 nitrogen and oxygen atoms in total. The fourth-order valence-corrected chi connectivity index (χ4v) is 3.88. The molecule has 0 aliphatic heterocycles. The highest BCUT2D eigenvalue weighted by Gasteiger charge is 2.16. The van der Waals surface area contributed by atoms with Crippen LogP contribution in [0.25, 0.3) is 0 Å². The summed E-state index contributed by atoms with van der Waals surface area (Å²) in [5.41, 5.74) is 1.15. The molecule has 3 rings (SSSR count). The molecule has 0 aromatic heterocycles. The molecule has 0 heterocycles. The van der Waals surface area contributed by atoms with Crippen LogP contribution in [-0.2, 0) is 14.8 Å². The van der Waals surface area contributed by atoms with Crippen LogP contribution in [0.1, 0.15) is 6.92 Å². The second kappa shape index (κ2) is 9.32. The smallest absolute Gasteiger partial charge is 0.261 e. The van der Waals surface area contributed by atoms with Gasteiger partial charge < -0.3 is 10.6 Å². The van der Waals surface area contributed by atoms with E-state index in [9.17, 15) is 22.0 Å². The van der Waals surface area contributed by atoms with E-state index in [1.54, 1.807) is 19.1 Å². The minimum atomic E-state index is -3.86. The summed E-state index contributed by atoms with van der Waals surface area (Å²) in [4.78, 5) is 12.3. The van der Waals surface area contributed by atoms with Crippen molar-refractivity contribution in [2.45, 2.75) is 17.9 Å². The van der Waals surface area contributed by atoms with Gasteiger partial charge >= 0.3 is 0 Å². The maximum absolute atomic E-state index is 13.1. The molecule has 0 saturated heterocycles. The third-order valence-corrected chi connectivity index (χ3v) is 5.94. The first kappa shape index (κ1) is 22.5. The van der Waals surface area contributed by atoms with Gasteiger partial charge in [-0.25, -0.2) is 17.2 Å². The third-order valence-electron chi connectivity index (χ3n) is 4.23. The fraction of sp³-hybridized carbons (Fsp3) is 0.0952. The monoisotopic (exact) mass is 465 g/mol. The Morgan fingerprint density at radius 1 is 0.903 bits per heavy atom. The summed E-state index contributed by atoms with van der Waals surface area (Å²) in [6.45, 7) is 1.62. The highest BCUT2D eigenvalue weighted by Crippen LogP contribution is 2.23. The van der Waals surface area contributed by atoms with E-state index in [1.165, 1.54) is 36.4 Å². The van der Waals surface area contributed by atoms with Gasteiger partial charge in [0.25, 0.3) is 10.0 Å². The molecule has 10 heteroatoms. The Kier molecular flexibility index (Phi) is 6.77. The molecule has 3 aromatic carbocycles. The van der Waals surface area contributed by atoms with E-state index in [0.717, 1.165) is 18.2 Å². The minimum absolute atomic E-state index is 0.0687. The van der Waals surface area contributed by atoms with Gasteiger partial charge in [0.15, 0.2) is 0 Å². The summed E-state index contributed by atoms with van der Waals surface area (Å²) in [6.07, 6.45) is 0. The number of carbonyl (C=O) groups excluding carboxylic acids is 1. The van der Waals surface area contributed by atoms with Gasteiger partial charge in [-0.1, -0.05) is 11.6 Å². The van der Waals surface area contributed by atoms with Gasteiger partial charge in [-0.3, -0.25) is 9.52 Å². The van der Waals surface area contributed by atoms with E-state index in [4.69, 9.17) is 11.6 Å². The number of hydrogen-bond donors (Lipinski definition) is 3. The van der Waals surface area contributed by atoms with Gasteiger partial charge in [-0.15, -0.1) is 0 Å². The molecule has 0 fully saturated rings. The minimum Gasteiger partial charge on any atom is -0.374 e. The van der Waals surface area contributed by atoms with Crippen LogP contribution in [-0.4, -0.2) is 20.4 Å². The zero-order valence-electron chi connectivity index (χ0n) is 16.2. The molecule has 0 aliphatic rings. The first-order chi connectivity index (χ1) is 14.6. The Morgan fingerprint density at radius 3 is 2.10 bits per heavy atom. The Balaban J connectivity index is 1.61. The molecule has 0 saturated carbocycles. The molecule has 31 heavy (non-hydrogen) atoms. The van der Waals surface area contributed by atoms with Gasteiger partial charge in [-0.2, -0.15) is 0 Å². The molecule has 1 amide bonds. The van der Waals surface area contributed by atoms with Crippen LogP contribution in [0.15, 0.2) is 71.6 Å². The summed E-state index contributed by atoms with van der Waals surface area (Å²) in [7, 11) is -3.86. The van der Waals surface area contributed by atoms with Crippen molar-refractivity contribution in [1.29, 1.82) is 0 Å². The molecular formula is C21H18ClF2N3O3S. The second-order valence-corrected chi connectivity index (χ2v) is 8.71. The second-order valence-electron chi connectivity index (χ2n) is 6.62. The van der Waals surface area contributed by atoms with Crippen molar-refractivity contribution >= 4 is 44.6 Å². The van der Waals surface area contributed by atoms with Crippen LogP contribution in [0.3, 0.4) is 0 Å². The van der Waals surface area contributed by atoms with Crippen LogP contribution >= 0.6 is 11.6 Å². The highest BCUT2D eigenvalue weighted by atomic mass is 35.5. The van der Waals surface area contributed by atoms with Crippen LogP contribution in [0.4, 0.5) is 25.8 Å². The summed E-state index contributed by atoms with van der Waals surface area (Å²) >= 11 is 5.91. The molecular weight excluding hydrogens is 448 g/mol. The predicted octanol–water partition coefficient (Wildman–Crippen LogP) is 4.86. The van der Waals surface area contributed by atoms with Gasteiger partial charge in [0.05, 0.1) is 15.6 Å². The Labute approximate surface area is 183 Å². The predicted molar refractivity (Wildman–Crippen MR) is 117 cm³/mol. The summed E-state index contributed by atoms with van der Waals surface area (Å²) in [5.74, 6) is -1.44. The lowest BCUT2D eigenvalue weighted by atomic mass is 10.2. The average Bonchev–Trinajstić information content (AvgIpc) is 2.71. The number of halogens is 3. The maximum atomic E-state index is 13.1. The van der Waals surface area contributed by atoms with E-state index in [1.807, 2.05) is 0 Å². The fourth-order valence-electron chi connectivity index (χ4n) is 2.61. The largest absolute Gasteiger partial charge is 0.374 e. The summed E-state index contributed by atoms with van der Waals surface area (Å²) in [5, 5.41) is 5.66. The number of rotatable bonds is 7. The van der Waals surface area contributed by atoms with Crippen molar-refractivity contribution < 1.29 is 22.0 Å². The Hall–Kier alpha value is -3.17.